The largest absolute Gasteiger partial charge is 0.338 e. The first-order valence-electron chi connectivity index (χ1n) is 9.63. The molecule has 1 fully saturated rings. The molecule has 0 bridgehead atoms. The van der Waals surface area contributed by atoms with Gasteiger partial charge in [0, 0.05) is 23.1 Å². The molecule has 1 N–H and O–H groups in total. The number of para-hydroxylation sites is 1. The SMILES string of the molecule is O=C(Nc1c(C(=O)N2CCCCC2)cnn1-c1ccccc1)c1ccc(Br)cc1. The Morgan fingerprint density at radius 2 is 1.62 bits per heavy atom. The smallest absolute Gasteiger partial charge is 0.259 e. The number of hydrogen-bond acceptors (Lipinski definition) is 3. The molecule has 0 unspecified atom stereocenters. The second-order valence-corrected chi connectivity index (χ2v) is 7.88. The number of halogens is 1. The van der Waals surface area contributed by atoms with Crippen LogP contribution in [0.25, 0.3) is 5.69 Å². The molecule has 7 heteroatoms. The molecule has 0 spiro atoms. The molecule has 148 valence electrons. The summed E-state index contributed by atoms with van der Waals surface area (Å²) in [5.41, 5.74) is 1.68. The van der Waals surface area contributed by atoms with E-state index in [9.17, 15) is 9.59 Å². The Bertz CT molecular complexity index is 1010. The van der Waals surface area contributed by atoms with E-state index in [4.69, 9.17) is 0 Å². The third kappa shape index (κ3) is 4.24. The highest BCUT2D eigenvalue weighted by molar-refractivity contribution is 9.10. The molecule has 0 saturated carbocycles. The van der Waals surface area contributed by atoms with Crippen LogP contribution in [0.4, 0.5) is 5.82 Å². The lowest BCUT2D eigenvalue weighted by molar-refractivity contribution is 0.0725. The average Bonchev–Trinajstić information content (AvgIpc) is 3.18. The van der Waals surface area contributed by atoms with Gasteiger partial charge in [-0.05, 0) is 55.7 Å². The van der Waals surface area contributed by atoms with Crippen LogP contribution in [0.1, 0.15) is 40.0 Å². The lowest BCUT2D eigenvalue weighted by Crippen LogP contribution is -2.36. The maximum Gasteiger partial charge on any atom is 0.259 e. The van der Waals surface area contributed by atoms with Crippen molar-refractivity contribution in [1.29, 1.82) is 0 Å². The molecule has 2 aromatic carbocycles. The summed E-state index contributed by atoms with van der Waals surface area (Å²) in [6.45, 7) is 1.46. The van der Waals surface area contributed by atoms with Crippen LogP contribution in [0, 0.1) is 0 Å². The highest BCUT2D eigenvalue weighted by atomic mass is 79.9. The van der Waals surface area contributed by atoms with E-state index in [-0.39, 0.29) is 11.8 Å². The van der Waals surface area contributed by atoms with Crippen molar-refractivity contribution < 1.29 is 9.59 Å². The summed E-state index contributed by atoms with van der Waals surface area (Å²) in [6.07, 6.45) is 4.68. The predicted octanol–water partition coefficient (Wildman–Crippen LogP) is 4.51. The standard InChI is InChI=1S/C22H21BrN4O2/c23-17-11-9-16(10-12-17)21(28)25-20-19(22(29)26-13-5-2-6-14-26)15-24-27(20)18-7-3-1-4-8-18/h1,3-4,7-12,15H,2,5-6,13-14H2,(H,25,28). The zero-order valence-electron chi connectivity index (χ0n) is 15.8. The van der Waals surface area contributed by atoms with Crippen molar-refractivity contribution in [2.24, 2.45) is 0 Å². The molecular weight excluding hydrogens is 432 g/mol. The second kappa shape index (κ2) is 8.61. The van der Waals surface area contributed by atoms with Gasteiger partial charge in [-0.1, -0.05) is 34.1 Å². The van der Waals surface area contributed by atoms with Crippen molar-refractivity contribution in [3.8, 4) is 5.69 Å². The number of nitrogens with zero attached hydrogens (tertiary/aromatic N) is 3. The zero-order chi connectivity index (χ0) is 20.2. The highest BCUT2D eigenvalue weighted by Gasteiger charge is 2.26. The minimum atomic E-state index is -0.289. The molecule has 3 aromatic rings. The Balaban J connectivity index is 1.70. The number of carbonyl (C=O) groups excluding carboxylic acids is 2. The van der Waals surface area contributed by atoms with Crippen molar-refractivity contribution >= 4 is 33.6 Å². The maximum atomic E-state index is 13.1. The molecule has 2 amide bonds. The van der Waals surface area contributed by atoms with Crippen LogP contribution in [-0.2, 0) is 0 Å². The second-order valence-electron chi connectivity index (χ2n) is 6.97. The normalized spacial score (nSPS) is 13.9. The number of hydrogen-bond donors (Lipinski definition) is 1. The first-order chi connectivity index (χ1) is 14.1. The van der Waals surface area contributed by atoms with Gasteiger partial charge in [-0.15, -0.1) is 0 Å². The van der Waals surface area contributed by atoms with Gasteiger partial charge >= 0.3 is 0 Å². The Morgan fingerprint density at radius 1 is 0.931 bits per heavy atom. The van der Waals surface area contributed by atoms with E-state index in [0.29, 0.717) is 16.9 Å². The number of rotatable bonds is 4. The lowest BCUT2D eigenvalue weighted by Gasteiger charge is -2.26. The Hall–Kier alpha value is -2.93. The zero-order valence-corrected chi connectivity index (χ0v) is 17.4. The van der Waals surface area contributed by atoms with Crippen LogP contribution in [-0.4, -0.2) is 39.6 Å². The summed E-state index contributed by atoms with van der Waals surface area (Å²) in [7, 11) is 0. The molecule has 0 radical (unpaired) electrons. The van der Waals surface area contributed by atoms with Crippen LogP contribution in [0.2, 0.25) is 0 Å². The number of anilines is 1. The van der Waals surface area contributed by atoms with Gasteiger partial charge in [0.15, 0.2) is 0 Å². The fourth-order valence-electron chi connectivity index (χ4n) is 3.44. The number of amides is 2. The Morgan fingerprint density at radius 3 is 2.31 bits per heavy atom. The molecule has 0 aliphatic carbocycles. The highest BCUT2D eigenvalue weighted by Crippen LogP contribution is 2.24. The summed E-state index contributed by atoms with van der Waals surface area (Å²) in [6, 6.07) is 16.5. The van der Waals surface area contributed by atoms with E-state index >= 15 is 0 Å². The molecule has 1 aliphatic heterocycles. The molecular formula is C22H21BrN4O2. The minimum Gasteiger partial charge on any atom is -0.338 e. The Labute approximate surface area is 177 Å². The van der Waals surface area contributed by atoms with Crippen molar-refractivity contribution in [3.63, 3.8) is 0 Å². The van der Waals surface area contributed by atoms with Gasteiger partial charge in [0.05, 0.1) is 11.9 Å². The molecule has 1 saturated heterocycles. The number of nitrogens with one attached hydrogen (secondary N) is 1. The third-order valence-corrected chi connectivity index (χ3v) is 5.51. The topological polar surface area (TPSA) is 67.2 Å². The summed E-state index contributed by atoms with van der Waals surface area (Å²) in [5.74, 6) is 0.000514. The van der Waals surface area contributed by atoms with Gasteiger partial charge in [0.2, 0.25) is 0 Å². The summed E-state index contributed by atoms with van der Waals surface area (Å²) < 4.78 is 2.50. The van der Waals surface area contributed by atoms with Crippen LogP contribution in [0.3, 0.4) is 0 Å². The van der Waals surface area contributed by atoms with E-state index in [1.807, 2.05) is 47.4 Å². The average molecular weight is 453 g/mol. The quantitative estimate of drug-likeness (QED) is 0.632. The van der Waals surface area contributed by atoms with Gasteiger partial charge in [-0.3, -0.25) is 9.59 Å². The van der Waals surface area contributed by atoms with Crippen molar-refractivity contribution in [1.82, 2.24) is 14.7 Å². The summed E-state index contributed by atoms with van der Waals surface area (Å²) >= 11 is 3.38. The van der Waals surface area contributed by atoms with E-state index < -0.39 is 0 Å². The fraction of sp³-hybridized carbons (Fsp3) is 0.227. The molecule has 2 heterocycles. The van der Waals surface area contributed by atoms with E-state index in [1.165, 1.54) is 0 Å². The van der Waals surface area contributed by atoms with Crippen LogP contribution < -0.4 is 5.32 Å². The van der Waals surface area contributed by atoms with Crippen molar-refractivity contribution in [2.45, 2.75) is 19.3 Å². The Kier molecular flexibility index (Phi) is 5.76. The van der Waals surface area contributed by atoms with Crippen molar-refractivity contribution in [2.75, 3.05) is 18.4 Å². The van der Waals surface area contributed by atoms with Gasteiger partial charge in [0.1, 0.15) is 11.4 Å². The maximum absolute atomic E-state index is 13.1. The summed E-state index contributed by atoms with van der Waals surface area (Å²) in [4.78, 5) is 27.8. The number of aromatic nitrogens is 2. The molecule has 4 rings (SSSR count). The first kappa shape index (κ1) is 19.4. The molecule has 1 aliphatic rings. The number of likely N-dealkylation sites (tertiary alicyclic amines) is 1. The van der Waals surface area contributed by atoms with Gasteiger partial charge in [-0.25, -0.2) is 4.68 Å². The van der Waals surface area contributed by atoms with Gasteiger partial charge < -0.3 is 10.2 Å². The molecule has 0 atom stereocenters. The van der Waals surface area contributed by atoms with Crippen LogP contribution in [0.5, 0.6) is 0 Å². The predicted molar refractivity (Wildman–Crippen MR) is 115 cm³/mol. The monoisotopic (exact) mass is 452 g/mol. The first-order valence-corrected chi connectivity index (χ1v) is 10.4. The number of carbonyl (C=O) groups is 2. The molecule has 29 heavy (non-hydrogen) atoms. The minimum absolute atomic E-state index is 0.0991. The van der Waals surface area contributed by atoms with E-state index in [1.54, 1.807) is 23.0 Å². The van der Waals surface area contributed by atoms with Crippen LogP contribution >= 0.6 is 15.9 Å². The number of benzene rings is 2. The third-order valence-electron chi connectivity index (χ3n) is 4.98. The lowest BCUT2D eigenvalue weighted by atomic mass is 10.1. The van der Waals surface area contributed by atoms with Crippen molar-refractivity contribution in [3.05, 3.63) is 76.4 Å². The van der Waals surface area contributed by atoms with Gasteiger partial charge in [-0.2, -0.15) is 5.10 Å². The van der Waals surface area contributed by atoms with E-state index in [0.717, 1.165) is 42.5 Å². The number of piperidine rings is 1. The van der Waals surface area contributed by atoms with E-state index in [2.05, 4.69) is 26.3 Å². The van der Waals surface area contributed by atoms with Crippen LogP contribution in [0.15, 0.2) is 65.3 Å². The fourth-order valence-corrected chi connectivity index (χ4v) is 3.70. The molecule has 1 aromatic heterocycles. The summed E-state index contributed by atoms with van der Waals surface area (Å²) in [5, 5.41) is 7.32. The molecule has 6 nitrogen and oxygen atoms in total. The van der Waals surface area contributed by atoms with Gasteiger partial charge in [0.25, 0.3) is 11.8 Å².